The topological polar surface area (TPSA) is 29.1 Å². The van der Waals surface area contributed by atoms with Gasteiger partial charge in [0.05, 0.1) is 6.42 Å². The normalized spacial score (nSPS) is 22.6. The highest BCUT2D eigenvalue weighted by Gasteiger charge is 2.23. The van der Waals surface area contributed by atoms with Crippen LogP contribution in [0.4, 0.5) is 8.78 Å². The monoisotopic (exact) mass is 345 g/mol. The van der Waals surface area contributed by atoms with Crippen molar-refractivity contribution < 1.29 is 13.6 Å². The van der Waals surface area contributed by atoms with Crippen molar-refractivity contribution in [3.63, 3.8) is 0 Å². The summed E-state index contributed by atoms with van der Waals surface area (Å²) in [7, 11) is 0. The second-order valence-electron chi connectivity index (χ2n) is 5.28. The molecule has 1 amide bonds. The summed E-state index contributed by atoms with van der Waals surface area (Å²) in [6, 6.07) is 3.29. The molecule has 2 unspecified atom stereocenters. The van der Waals surface area contributed by atoms with Gasteiger partial charge in [0.2, 0.25) is 5.91 Å². The minimum Gasteiger partial charge on any atom is -0.355 e. The van der Waals surface area contributed by atoms with Crippen molar-refractivity contribution in [3.8, 4) is 0 Å². The minimum absolute atomic E-state index is 0.0498. The van der Waals surface area contributed by atoms with E-state index < -0.39 is 11.6 Å². The number of benzene rings is 1. The van der Waals surface area contributed by atoms with E-state index in [1.54, 1.807) is 0 Å². The van der Waals surface area contributed by atoms with Crippen LogP contribution in [0.3, 0.4) is 0 Å². The summed E-state index contributed by atoms with van der Waals surface area (Å²) in [6.45, 7) is 0.609. The van der Waals surface area contributed by atoms with E-state index in [2.05, 4.69) is 21.2 Å². The van der Waals surface area contributed by atoms with E-state index in [0.717, 1.165) is 18.9 Å². The average Bonchev–Trinajstić information content (AvgIpc) is 2.41. The minimum atomic E-state index is -0.670. The Labute approximate surface area is 126 Å². The van der Waals surface area contributed by atoms with E-state index in [4.69, 9.17) is 0 Å². The Morgan fingerprint density at radius 3 is 2.75 bits per heavy atom. The fourth-order valence-corrected chi connectivity index (χ4v) is 3.31. The third kappa shape index (κ3) is 4.27. The summed E-state index contributed by atoms with van der Waals surface area (Å²) >= 11 is 3.64. The van der Waals surface area contributed by atoms with Crippen molar-refractivity contribution in [2.75, 3.05) is 6.54 Å². The van der Waals surface area contributed by atoms with Crippen LogP contribution in [0.2, 0.25) is 0 Å². The van der Waals surface area contributed by atoms with E-state index in [-0.39, 0.29) is 17.9 Å². The lowest BCUT2D eigenvalue weighted by molar-refractivity contribution is -0.120. The molecule has 2 atom stereocenters. The lowest BCUT2D eigenvalue weighted by atomic mass is 9.89. The number of nitrogens with one attached hydrogen (secondary N) is 1. The van der Waals surface area contributed by atoms with Gasteiger partial charge in [-0.15, -0.1) is 0 Å². The molecule has 0 heterocycles. The molecular weight excluding hydrogens is 328 g/mol. The van der Waals surface area contributed by atoms with Gasteiger partial charge in [0.15, 0.2) is 0 Å². The van der Waals surface area contributed by atoms with Gasteiger partial charge in [0.1, 0.15) is 11.6 Å². The molecule has 0 aromatic heterocycles. The molecule has 2 nitrogen and oxygen atoms in total. The molecule has 1 aliphatic rings. The molecule has 0 aliphatic heterocycles. The van der Waals surface area contributed by atoms with Crippen LogP contribution < -0.4 is 5.32 Å². The van der Waals surface area contributed by atoms with E-state index in [1.807, 2.05) is 0 Å². The highest BCUT2D eigenvalue weighted by molar-refractivity contribution is 9.09. The van der Waals surface area contributed by atoms with Crippen LogP contribution in [0.25, 0.3) is 0 Å². The van der Waals surface area contributed by atoms with E-state index in [1.165, 1.54) is 25.0 Å². The van der Waals surface area contributed by atoms with Crippen molar-refractivity contribution in [2.45, 2.75) is 36.9 Å². The maximum Gasteiger partial charge on any atom is 0.224 e. The van der Waals surface area contributed by atoms with Gasteiger partial charge in [-0.2, -0.15) is 0 Å². The fraction of sp³-hybridized carbons (Fsp3) is 0.533. The zero-order valence-corrected chi connectivity index (χ0v) is 12.8. The largest absolute Gasteiger partial charge is 0.355 e. The van der Waals surface area contributed by atoms with E-state index in [0.29, 0.717) is 17.3 Å². The van der Waals surface area contributed by atoms with Crippen molar-refractivity contribution in [3.05, 3.63) is 35.4 Å². The first-order chi connectivity index (χ1) is 9.56. The van der Waals surface area contributed by atoms with Gasteiger partial charge >= 0.3 is 0 Å². The summed E-state index contributed by atoms with van der Waals surface area (Å²) in [6.07, 6.45) is 4.59. The Balaban J connectivity index is 1.83. The highest BCUT2D eigenvalue weighted by atomic mass is 79.9. The molecule has 1 aromatic rings. The number of carbonyl (C=O) groups is 1. The molecular formula is C15H18BrF2NO. The van der Waals surface area contributed by atoms with Crippen LogP contribution in [0.15, 0.2) is 18.2 Å². The van der Waals surface area contributed by atoms with Gasteiger partial charge in [0.25, 0.3) is 0 Å². The van der Waals surface area contributed by atoms with Crippen molar-refractivity contribution >= 4 is 21.8 Å². The maximum absolute atomic E-state index is 13.4. The molecule has 1 saturated carbocycles. The second-order valence-corrected chi connectivity index (χ2v) is 6.45. The van der Waals surface area contributed by atoms with Crippen LogP contribution in [-0.4, -0.2) is 17.3 Å². The van der Waals surface area contributed by atoms with Gasteiger partial charge in [-0.05, 0) is 30.4 Å². The predicted octanol–water partition coefficient (Wildman–Crippen LogP) is 3.58. The first-order valence-electron chi connectivity index (χ1n) is 6.91. The van der Waals surface area contributed by atoms with Crippen LogP contribution in [-0.2, 0) is 11.2 Å². The van der Waals surface area contributed by atoms with Gasteiger partial charge in [-0.3, -0.25) is 4.79 Å². The summed E-state index contributed by atoms with van der Waals surface area (Å²) in [5.74, 6) is -1.08. The molecule has 1 aliphatic carbocycles. The number of carbonyl (C=O) groups excluding carboxylic acids is 1. The molecule has 1 aromatic carbocycles. The molecule has 0 bridgehead atoms. The highest BCUT2D eigenvalue weighted by Crippen LogP contribution is 2.29. The average molecular weight is 346 g/mol. The molecule has 0 radical (unpaired) electrons. The Morgan fingerprint density at radius 2 is 2.05 bits per heavy atom. The van der Waals surface area contributed by atoms with Gasteiger partial charge in [-0.25, -0.2) is 8.78 Å². The first kappa shape index (κ1) is 15.4. The summed E-state index contributed by atoms with van der Waals surface area (Å²) < 4.78 is 26.2. The molecule has 5 heteroatoms. The molecule has 2 rings (SSSR count). The third-order valence-corrected chi connectivity index (χ3v) is 4.95. The van der Waals surface area contributed by atoms with Crippen molar-refractivity contribution in [1.82, 2.24) is 5.32 Å². The van der Waals surface area contributed by atoms with Crippen LogP contribution in [0.5, 0.6) is 0 Å². The SMILES string of the molecule is O=C(Cc1ccc(F)cc1F)NCC1CCCCC1Br. The summed E-state index contributed by atoms with van der Waals surface area (Å²) in [5.41, 5.74) is 0.225. The van der Waals surface area contributed by atoms with E-state index >= 15 is 0 Å². The first-order valence-corrected chi connectivity index (χ1v) is 7.82. The van der Waals surface area contributed by atoms with E-state index in [9.17, 15) is 13.6 Å². The standard InChI is InChI=1S/C15H18BrF2NO/c16-13-4-2-1-3-11(13)9-19-15(20)7-10-5-6-12(17)8-14(10)18/h5-6,8,11,13H,1-4,7,9H2,(H,19,20). The van der Waals surface area contributed by atoms with Gasteiger partial charge < -0.3 is 5.32 Å². The zero-order chi connectivity index (χ0) is 14.5. The van der Waals surface area contributed by atoms with Crippen LogP contribution in [0.1, 0.15) is 31.2 Å². The Hall–Kier alpha value is -0.970. The Kier molecular flexibility index (Phi) is 5.52. The lowest BCUT2D eigenvalue weighted by Gasteiger charge is -2.27. The van der Waals surface area contributed by atoms with Crippen molar-refractivity contribution in [2.24, 2.45) is 5.92 Å². The zero-order valence-electron chi connectivity index (χ0n) is 11.2. The molecule has 20 heavy (non-hydrogen) atoms. The Bertz CT molecular complexity index is 481. The number of halogens is 3. The molecule has 0 saturated heterocycles. The van der Waals surface area contributed by atoms with Crippen molar-refractivity contribution in [1.29, 1.82) is 0 Å². The van der Waals surface area contributed by atoms with Gasteiger partial charge in [-0.1, -0.05) is 34.8 Å². The van der Waals surface area contributed by atoms with Crippen LogP contribution in [0, 0.1) is 17.6 Å². The number of alkyl halides is 1. The molecule has 110 valence electrons. The number of rotatable bonds is 4. The maximum atomic E-state index is 13.4. The van der Waals surface area contributed by atoms with Crippen LogP contribution >= 0.6 is 15.9 Å². The molecule has 1 fully saturated rings. The third-order valence-electron chi connectivity index (χ3n) is 3.74. The second kappa shape index (κ2) is 7.16. The number of hydrogen-bond donors (Lipinski definition) is 1. The molecule has 0 spiro atoms. The van der Waals surface area contributed by atoms with Gasteiger partial charge in [0, 0.05) is 17.4 Å². The Morgan fingerprint density at radius 1 is 1.30 bits per heavy atom. The lowest BCUT2D eigenvalue weighted by Crippen LogP contribution is -2.35. The number of amides is 1. The fourth-order valence-electron chi connectivity index (χ4n) is 2.54. The number of hydrogen-bond acceptors (Lipinski definition) is 1. The molecule has 1 N–H and O–H groups in total. The smallest absolute Gasteiger partial charge is 0.224 e. The quantitative estimate of drug-likeness (QED) is 0.830. The summed E-state index contributed by atoms with van der Waals surface area (Å²) in [4.78, 5) is 12.3. The summed E-state index contributed by atoms with van der Waals surface area (Å²) in [5, 5.41) is 2.84. The predicted molar refractivity (Wildman–Crippen MR) is 77.7 cm³/mol.